The molecule has 1 atom stereocenters. The van der Waals surface area contributed by atoms with Crippen molar-refractivity contribution in [2.24, 2.45) is 0 Å². The van der Waals surface area contributed by atoms with Crippen LogP contribution in [0.3, 0.4) is 0 Å². The first-order chi connectivity index (χ1) is 12.2. The number of carbonyl (C=O) groups excluding carboxylic acids is 2. The lowest BCUT2D eigenvalue weighted by Crippen LogP contribution is -2.31. The molecule has 10 heteroatoms. The molecular formula is C16H23N7O2S. The van der Waals surface area contributed by atoms with Crippen LogP contribution in [0.2, 0.25) is 0 Å². The van der Waals surface area contributed by atoms with Crippen molar-refractivity contribution < 1.29 is 9.59 Å². The molecule has 1 heterocycles. The number of urea groups is 1. The molecule has 5 N–H and O–H groups in total. The van der Waals surface area contributed by atoms with E-state index in [1.807, 2.05) is 27.1 Å². The molecule has 2 aromatic rings. The normalized spacial score (nSPS) is 11.9. The minimum atomic E-state index is -0.388. The van der Waals surface area contributed by atoms with Crippen molar-refractivity contribution in [2.45, 2.75) is 19.9 Å². The molecule has 9 nitrogen and oxygen atoms in total. The largest absolute Gasteiger partial charge is 0.374 e. The van der Waals surface area contributed by atoms with Crippen molar-refractivity contribution in [3.63, 3.8) is 0 Å². The standard InChI is InChI=1S/C16H23N7O2S/c1-9-5-6-11(7-12(9)20-13(24)8-23(3)4)19-16(25)18-10(2)14-21-22-15(17)26-14/h5-7,10H,8H2,1-4H3,(H2,17,22)(H,20,24)(H2,18,19,25)/t10-/m0/s1. The van der Waals surface area contributed by atoms with Gasteiger partial charge in [0.2, 0.25) is 11.0 Å². The van der Waals surface area contributed by atoms with E-state index in [0.717, 1.165) is 5.56 Å². The first-order valence-electron chi connectivity index (χ1n) is 7.96. The highest BCUT2D eigenvalue weighted by molar-refractivity contribution is 7.15. The van der Waals surface area contributed by atoms with Crippen LogP contribution < -0.4 is 21.7 Å². The van der Waals surface area contributed by atoms with Gasteiger partial charge in [-0.2, -0.15) is 0 Å². The van der Waals surface area contributed by atoms with E-state index in [2.05, 4.69) is 26.1 Å². The highest BCUT2D eigenvalue weighted by Crippen LogP contribution is 2.21. The third kappa shape index (κ3) is 5.67. The predicted molar refractivity (Wildman–Crippen MR) is 103 cm³/mol. The summed E-state index contributed by atoms with van der Waals surface area (Å²) in [6.45, 7) is 3.96. The van der Waals surface area contributed by atoms with Gasteiger partial charge in [0.15, 0.2) is 0 Å². The quantitative estimate of drug-likeness (QED) is 0.608. The summed E-state index contributed by atoms with van der Waals surface area (Å²) >= 11 is 1.22. The maximum absolute atomic E-state index is 12.2. The Kier molecular flexibility index (Phi) is 6.47. The van der Waals surface area contributed by atoms with E-state index >= 15 is 0 Å². The number of nitrogens with two attached hydrogens (primary N) is 1. The van der Waals surface area contributed by atoms with E-state index in [1.165, 1.54) is 11.3 Å². The zero-order valence-electron chi connectivity index (χ0n) is 15.2. The molecule has 0 unspecified atom stereocenters. The molecule has 1 aromatic heterocycles. The third-order valence-corrected chi connectivity index (χ3v) is 4.34. The molecule has 0 aliphatic rings. The Morgan fingerprint density at radius 2 is 2.00 bits per heavy atom. The van der Waals surface area contributed by atoms with E-state index in [1.54, 1.807) is 24.0 Å². The Morgan fingerprint density at radius 3 is 2.62 bits per heavy atom. The van der Waals surface area contributed by atoms with Crippen molar-refractivity contribution in [1.82, 2.24) is 20.4 Å². The Bertz CT molecular complexity index is 791. The Balaban J connectivity index is 1.99. The molecule has 0 saturated carbocycles. The summed E-state index contributed by atoms with van der Waals surface area (Å²) < 4.78 is 0. The van der Waals surface area contributed by atoms with Crippen molar-refractivity contribution in [2.75, 3.05) is 37.0 Å². The Hall–Kier alpha value is -2.72. The van der Waals surface area contributed by atoms with Crippen LogP contribution in [0, 0.1) is 6.92 Å². The second-order valence-electron chi connectivity index (χ2n) is 6.11. The van der Waals surface area contributed by atoms with Crippen LogP contribution in [0.15, 0.2) is 18.2 Å². The summed E-state index contributed by atoms with van der Waals surface area (Å²) in [5.41, 5.74) is 7.67. The van der Waals surface area contributed by atoms with E-state index in [4.69, 9.17) is 5.73 Å². The monoisotopic (exact) mass is 377 g/mol. The van der Waals surface area contributed by atoms with Gasteiger partial charge in [0.25, 0.3) is 0 Å². The number of benzene rings is 1. The van der Waals surface area contributed by atoms with Gasteiger partial charge in [0, 0.05) is 11.4 Å². The fourth-order valence-corrected chi connectivity index (χ4v) is 2.77. The summed E-state index contributed by atoms with van der Waals surface area (Å²) in [6.07, 6.45) is 0. The van der Waals surface area contributed by atoms with E-state index in [-0.39, 0.29) is 24.5 Å². The lowest BCUT2D eigenvalue weighted by molar-refractivity contribution is -0.116. The van der Waals surface area contributed by atoms with Crippen molar-refractivity contribution in [3.05, 3.63) is 28.8 Å². The molecule has 1 aromatic carbocycles. The average Bonchev–Trinajstić information content (AvgIpc) is 2.96. The lowest BCUT2D eigenvalue weighted by Gasteiger charge is -2.15. The zero-order valence-corrected chi connectivity index (χ0v) is 16.0. The van der Waals surface area contributed by atoms with Gasteiger partial charge >= 0.3 is 6.03 Å². The number of aromatic nitrogens is 2. The second-order valence-corrected chi connectivity index (χ2v) is 7.16. The molecule has 0 aliphatic heterocycles. The highest BCUT2D eigenvalue weighted by Gasteiger charge is 2.14. The second kappa shape index (κ2) is 8.59. The number of nitrogens with zero attached hydrogens (tertiary/aromatic N) is 3. The van der Waals surface area contributed by atoms with Crippen LogP contribution in [0.25, 0.3) is 0 Å². The van der Waals surface area contributed by atoms with Crippen LogP contribution in [0.4, 0.5) is 21.3 Å². The first kappa shape index (κ1) is 19.6. The fraction of sp³-hybridized carbons (Fsp3) is 0.375. The molecule has 0 radical (unpaired) electrons. The SMILES string of the molecule is Cc1ccc(NC(=O)N[C@@H](C)c2nnc(N)s2)cc1NC(=O)CN(C)C. The number of anilines is 3. The minimum absolute atomic E-state index is 0.123. The number of hydrogen-bond acceptors (Lipinski definition) is 7. The van der Waals surface area contributed by atoms with Gasteiger partial charge in [-0.15, -0.1) is 10.2 Å². The molecular weight excluding hydrogens is 354 g/mol. The molecule has 0 bridgehead atoms. The Morgan fingerprint density at radius 1 is 1.27 bits per heavy atom. The van der Waals surface area contributed by atoms with Gasteiger partial charge in [-0.3, -0.25) is 4.79 Å². The predicted octanol–water partition coefficient (Wildman–Crippen LogP) is 1.81. The van der Waals surface area contributed by atoms with Crippen LogP contribution in [0.5, 0.6) is 0 Å². The summed E-state index contributed by atoms with van der Waals surface area (Å²) in [6, 6.07) is 4.60. The summed E-state index contributed by atoms with van der Waals surface area (Å²) in [5.74, 6) is -0.123. The van der Waals surface area contributed by atoms with Crippen LogP contribution in [0.1, 0.15) is 23.5 Å². The lowest BCUT2D eigenvalue weighted by atomic mass is 10.1. The van der Waals surface area contributed by atoms with E-state index in [0.29, 0.717) is 21.5 Å². The van der Waals surface area contributed by atoms with Gasteiger partial charge in [-0.25, -0.2) is 4.79 Å². The topological polar surface area (TPSA) is 125 Å². The maximum atomic E-state index is 12.2. The van der Waals surface area contributed by atoms with Crippen molar-refractivity contribution >= 4 is 39.8 Å². The number of aryl methyl sites for hydroxylation is 1. The van der Waals surface area contributed by atoms with Crippen LogP contribution >= 0.6 is 11.3 Å². The smallest absolute Gasteiger partial charge is 0.319 e. The highest BCUT2D eigenvalue weighted by atomic mass is 32.1. The molecule has 26 heavy (non-hydrogen) atoms. The summed E-state index contributed by atoms with van der Waals surface area (Å²) in [5, 5.41) is 17.0. The van der Waals surface area contributed by atoms with Gasteiger partial charge in [0.1, 0.15) is 5.01 Å². The molecule has 0 aliphatic carbocycles. The number of nitrogen functional groups attached to an aromatic ring is 1. The number of likely N-dealkylation sites (N-methyl/N-ethyl adjacent to an activating group) is 1. The van der Waals surface area contributed by atoms with Gasteiger partial charge in [0.05, 0.1) is 12.6 Å². The molecule has 140 valence electrons. The van der Waals surface area contributed by atoms with Crippen LogP contribution in [-0.2, 0) is 4.79 Å². The Labute approximate surface area is 156 Å². The number of hydrogen-bond donors (Lipinski definition) is 4. The first-order valence-corrected chi connectivity index (χ1v) is 8.78. The summed E-state index contributed by atoms with van der Waals surface area (Å²) in [7, 11) is 3.64. The van der Waals surface area contributed by atoms with Gasteiger partial charge in [-0.1, -0.05) is 17.4 Å². The molecule has 2 rings (SSSR count). The number of nitrogens with one attached hydrogen (secondary N) is 3. The number of amides is 3. The van der Waals surface area contributed by atoms with Gasteiger partial charge in [-0.05, 0) is 45.6 Å². The van der Waals surface area contributed by atoms with E-state index < -0.39 is 0 Å². The molecule has 0 spiro atoms. The van der Waals surface area contributed by atoms with Crippen molar-refractivity contribution in [1.29, 1.82) is 0 Å². The number of rotatable bonds is 6. The van der Waals surface area contributed by atoms with Crippen LogP contribution in [-0.4, -0.2) is 47.7 Å². The molecule has 3 amide bonds. The van der Waals surface area contributed by atoms with Crippen molar-refractivity contribution in [3.8, 4) is 0 Å². The van der Waals surface area contributed by atoms with E-state index in [9.17, 15) is 9.59 Å². The average molecular weight is 377 g/mol. The number of carbonyl (C=O) groups is 2. The minimum Gasteiger partial charge on any atom is -0.374 e. The fourth-order valence-electron chi connectivity index (χ4n) is 2.16. The third-order valence-electron chi connectivity index (χ3n) is 3.40. The molecule has 0 fully saturated rings. The summed E-state index contributed by atoms with van der Waals surface area (Å²) in [4.78, 5) is 25.9. The molecule has 0 saturated heterocycles. The van der Waals surface area contributed by atoms with Gasteiger partial charge < -0.3 is 26.6 Å². The zero-order chi connectivity index (χ0) is 19.3. The maximum Gasteiger partial charge on any atom is 0.319 e.